The Balaban J connectivity index is 1.57. The van der Waals surface area contributed by atoms with E-state index < -0.39 is 11.6 Å². The molecular weight excluding hydrogens is 357 g/mol. The van der Waals surface area contributed by atoms with Crippen molar-refractivity contribution in [2.24, 2.45) is 11.8 Å². The Hall–Kier alpha value is -2.03. The van der Waals surface area contributed by atoms with Crippen molar-refractivity contribution in [2.45, 2.75) is 58.3 Å². The monoisotopic (exact) mass is 384 g/mol. The minimum Gasteiger partial charge on any atom is -0.206 e. The van der Waals surface area contributed by atoms with Crippen LogP contribution < -0.4 is 0 Å². The molecule has 0 radical (unpaired) electrons. The Morgan fingerprint density at radius 3 is 2.39 bits per heavy atom. The lowest BCUT2D eigenvalue weighted by Gasteiger charge is -2.32. The third kappa shape index (κ3) is 3.76. The maximum Gasteiger partial charge on any atom is 0.159 e. The molecule has 0 unspecified atom stereocenters. The standard InChI is InChI=1S/C25H27F3/c1-2-3-16-4-6-17(7-5-16)18-8-11-21-19(14-18)9-12-22(25(21)28)20-10-13-23(26)24(27)15-20/h9-10,12-17H,2-8,11H2,1H3. The first-order valence-corrected chi connectivity index (χ1v) is 10.5. The van der Waals surface area contributed by atoms with Crippen molar-refractivity contribution in [3.05, 3.63) is 64.5 Å². The van der Waals surface area contributed by atoms with Gasteiger partial charge in [0.1, 0.15) is 5.82 Å². The van der Waals surface area contributed by atoms with Crippen LogP contribution >= 0.6 is 0 Å². The molecule has 0 N–H and O–H groups in total. The van der Waals surface area contributed by atoms with Crippen molar-refractivity contribution >= 4 is 6.08 Å². The first-order valence-electron chi connectivity index (χ1n) is 10.5. The van der Waals surface area contributed by atoms with E-state index in [2.05, 4.69) is 13.0 Å². The van der Waals surface area contributed by atoms with E-state index in [1.54, 1.807) is 6.07 Å². The maximum absolute atomic E-state index is 15.1. The minimum absolute atomic E-state index is 0.300. The first kappa shape index (κ1) is 19.3. The van der Waals surface area contributed by atoms with Gasteiger partial charge in [0.25, 0.3) is 0 Å². The number of fused-ring (bicyclic) bond motifs is 1. The summed E-state index contributed by atoms with van der Waals surface area (Å²) < 4.78 is 41.9. The van der Waals surface area contributed by atoms with Gasteiger partial charge in [-0.15, -0.1) is 0 Å². The highest BCUT2D eigenvalue weighted by molar-refractivity contribution is 5.70. The summed E-state index contributed by atoms with van der Waals surface area (Å²) >= 11 is 0. The highest BCUT2D eigenvalue weighted by Gasteiger charge is 2.26. The van der Waals surface area contributed by atoms with Crippen LogP contribution in [0.15, 0.2) is 35.9 Å². The second kappa shape index (κ2) is 8.14. The summed E-state index contributed by atoms with van der Waals surface area (Å²) in [6, 6.07) is 7.17. The van der Waals surface area contributed by atoms with Crippen LogP contribution in [0.5, 0.6) is 0 Å². The summed E-state index contributed by atoms with van der Waals surface area (Å²) in [4.78, 5) is 0. The Bertz CT molecular complexity index is 889. The average Bonchev–Trinajstić information content (AvgIpc) is 2.71. The molecule has 0 aromatic heterocycles. The summed E-state index contributed by atoms with van der Waals surface area (Å²) in [5.41, 5.74) is 3.83. The van der Waals surface area contributed by atoms with Crippen LogP contribution in [-0.2, 0) is 6.42 Å². The molecular formula is C25H27F3. The van der Waals surface area contributed by atoms with Crippen molar-refractivity contribution < 1.29 is 13.2 Å². The lowest BCUT2D eigenvalue weighted by atomic mass is 9.74. The molecule has 0 atom stereocenters. The van der Waals surface area contributed by atoms with E-state index in [-0.39, 0.29) is 5.82 Å². The van der Waals surface area contributed by atoms with Crippen LogP contribution in [0.4, 0.5) is 13.2 Å². The quantitative estimate of drug-likeness (QED) is 0.506. The predicted octanol–water partition coefficient (Wildman–Crippen LogP) is 7.71. The topological polar surface area (TPSA) is 0 Å². The summed E-state index contributed by atoms with van der Waals surface area (Å²) in [7, 11) is 0. The van der Waals surface area contributed by atoms with Crippen molar-refractivity contribution in [1.82, 2.24) is 0 Å². The summed E-state index contributed by atoms with van der Waals surface area (Å²) in [5, 5.41) is 0. The molecule has 1 saturated carbocycles. The predicted molar refractivity (Wildman–Crippen MR) is 108 cm³/mol. The molecule has 28 heavy (non-hydrogen) atoms. The van der Waals surface area contributed by atoms with Crippen LogP contribution in [0.3, 0.4) is 0 Å². The summed E-state index contributed by atoms with van der Waals surface area (Å²) in [6.07, 6.45) is 11.5. The molecule has 0 bridgehead atoms. The maximum atomic E-state index is 15.1. The molecule has 0 amide bonds. The van der Waals surface area contributed by atoms with Crippen LogP contribution in [0.2, 0.25) is 0 Å². The van der Waals surface area contributed by atoms with E-state index in [0.29, 0.717) is 29.0 Å². The number of hydrogen-bond acceptors (Lipinski definition) is 0. The van der Waals surface area contributed by atoms with Gasteiger partial charge in [0.05, 0.1) is 0 Å². The third-order valence-electron chi connectivity index (χ3n) is 6.58. The van der Waals surface area contributed by atoms with Gasteiger partial charge in [-0.2, -0.15) is 0 Å². The molecule has 2 aliphatic rings. The van der Waals surface area contributed by atoms with Gasteiger partial charge in [0, 0.05) is 5.56 Å². The number of halogens is 3. The van der Waals surface area contributed by atoms with Gasteiger partial charge >= 0.3 is 0 Å². The van der Waals surface area contributed by atoms with Crippen LogP contribution in [-0.4, -0.2) is 0 Å². The van der Waals surface area contributed by atoms with Crippen molar-refractivity contribution in [3.63, 3.8) is 0 Å². The largest absolute Gasteiger partial charge is 0.206 e. The van der Waals surface area contributed by atoms with Gasteiger partial charge in [0.2, 0.25) is 0 Å². The van der Waals surface area contributed by atoms with Crippen LogP contribution in [0, 0.1) is 29.3 Å². The Labute approximate surface area is 165 Å². The molecule has 4 rings (SSSR count). The summed E-state index contributed by atoms with van der Waals surface area (Å²) in [6.45, 7) is 2.26. The second-order valence-electron chi connectivity index (χ2n) is 8.35. The van der Waals surface area contributed by atoms with E-state index in [4.69, 9.17) is 0 Å². The third-order valence-corrected chi connectivity index (χ3v) is 6.58. The normalized spacial score (nSPS) is 21.9. The van der Waals surface area contributed by atoms with Gasteiger partial charge in [-0.05, 0) is 79.2 Å². The average molecular weight is 384 g/mol. The number of allylic oxidation sites excluding steroid dienone is 1. The smallest absolute Gasteiger partial charge is 0.159 e. The zero-order valence-electron chi connectivity index (χ0n) is 16.4. The van der Waals surface area contributed by atoms with Crippen molar-refractivity contribution in [3.8, 4) is 11.1 Å². The minimum atomic E-state index is -0.949. The zero-order valence-corrected chi connectivity index (χ0v) is 16.4. The van der Waals surface area contributed by atoms with Gasteiger partial charge in [-0.1, -0.05) is 49.6 Å². The molecule has 0 spiro atoms. The lowest BCUT2D eigenvalue weighted by Crippen LogP contribution is -2.18. The van der Waals surface area contributed by atoms with Crippen LogP contribution in [0.1, 0.15) is 63.0 Å². The summed E-state index contributed by atoms with van der Waals surface area (Å²) in [5.74, 6) is -0.645. The molecule has 148 valence electrons. The van der Waals surface area contributed by atoms with E-state index in [0.717, 1.165) is 30.0 Å². The Kier molecular flexibility index (Phi) is 5.61. The van der Waals surface area contributed by atoms with E-state index in [9.17, 15) is 8.78 Å². The highest BCUT2D eigenvalue weighted by Crippen LogP contribution is 2.41. The molecule has 2 aliphatic carbocycles. The molecule has 0 saturated heterocycles. The molecule has 0 aliphatic heterocycles. The highest BCUT2D eigenvalue weighted by atomic mass is 19.2. The van der Waals surface area contributed by atoms with Crippen molar-refractivity contribution in [1.29, 1.82) is 0 Å². The van der Waals surface area contributed by atoms with E-state index >= 15 is 4.39 Å². The fourth-order valence-electron chi connectivity index (χ4n) is 5.01. The molecule has 2 aromatic carbocycles. The number of benzene rings is 2. The van der Waals surface area contributed by atoms with Crippen molar-refractivity contribution in [2.75, 3.05) is 0 Å². The molecule has 3 heteroatoms. The van der Waals surface area contributed by atoms with Gasteiger partial charge < -0.3 is 0 Å². The van der Waals surface area contributed by atoms with Gasteiger partial charge in [-0.25, -0.2) is 13.2 Å². The zero-order chi connectivity index (χ0) is 19.7. The first-order chi connectivity index (χ1) is 13.6. The van der Waals surface area contributed by atoms with E-state index in [1.165, 1.54) is 50.2 Å². The molecule has 1 fully saturated rings. The number of rotatable bonds is 4. The lowest BCUT2D eigenvalue weighted by molar-refractivity contribution is 0.283. The Morgan fingerprint density at radius 1 is 0.893 bits per heavy atom. The Morgan fingerprint density at radius 2 is 1.68 bits per heavy atom. The number of hydrogen-bond donors (Lipinski definition) is 0. The van der Waals surface area contributed by atoms with Crippen LogP contribution in [0.25, 0.3) is 17.2 Å². The van der Waals surface area contributed by atoms with Gasteiger partial charge in [-0.3, -0.25) is 0 Å². The van der Waals surface area contributed by atoms with Gasteiger partial charge in [0.15, 0.2) is 11.6 Å². The molecule has 0 nitrogen and oxygen atoms in total. The fourth-order valence-corrected chi connectivity index (χ4v) is 5.01. The molecule has 0 heterocycles. The fraction of sp³-hybridized carbons (Fsp3) is 0.440. The van der Waals surface area contributed by atoms with E-state index in [1.807, 2.05) is 6.07 Å². The molecule has 2 aromatic rings. The second-order valence-corrected chi connectivity index (χ2v) is 8.35. The SMILES string of the molecule is CCCC1CCC(C2=Cc3ccc(-c4ccc(F)c(F)c4)c(F)c3CC2)CC1.